The first kappa shape index (κ1) is 14.6. The summed E-state index contributed by atoms with van der Waals surface area (Å²) in [7, 11) is -3.66. The lowest BCUT2D eigenvalue weighted by atomic mass is 10.3. The average molecular weight is 296 g/mol. The number of nitrogens with zero attached hydrogens (tertiary/aromatic N) is 3. The van der Waals surface area contributed by atoms with Gasteiger partial charge in [-0.15, -0.1) is 0 Å². The third kappa shape index (κ3) is 3.62. The first-order chi connectivity index (χ1) is 9.51. The van der Waals surface area contributed by atoms with Crippen molar-refractivity contribution in [1.82, 2.24) is 19.3 Å². The van der Waals surface area contributed by atoms with Crippen molar-refractivity contribution in [2.45, 2.75) is 31.1 Å². The number of hydrogen-bond acceptors (Lipinski definition) is 5. The number of nitrogens with one attached hydrogen (secondary N) is 1. The number of aliphatic hydroxyl groups is 1. The van der Waals surface area contributed by atoms with E-state index in [1.807, 2.05) is 0 Å². The van der Waals surface area contributed by atoms with E-state index in [-0.39, 0.29) is 17.7 Å². The number of aliphatic hydroxyl groups excluding tert-OH is 1. The molecule has 0 fully saturated rings. The molecule has 8 heteroatoms. The standard InChI is InChI=1S/C12H16N4O3S/c1-10(7-16-5-4-13-9-16)15-20(18,19)12-3-2-11(8-17)6-14-12/h2-6,9-10,15,17H,7-8H2,1H3. The van der Waals surface area contributed by atoms with E-state index >= 15 is 0 Å². The summed E-state index contributed by atoms with van der Waals surface area (Å²) >= 11 is 0. The predicted octanol–water partition coefficient (Wildman–Crippen LogP) is 0.137. The normalized spacial score (nSPS) is 13.3. The summed E-state index contributed by atoms with van der Waals surface area (Å²) in [5.74, 6) is 0. The summed E-state index contributed by atoms with van der Waals surface area (Å²) in [4.78, 5) is 7.74. The third-order valence-corrected chi connectivity index (χ3v) is 4.16. The summed E-state index contributed by atoms with van der Waals surface area (Å²) in [5.41, 5.74) is 0.565. The maximum atomic E-state index is 12.1. The molecule has 0 saturated heterocycles. The highest BCUT2D eigenvalue weighted by Crippen LogP contribution is 2.08. The lowest BCUT2D eigenvalue weighted by Crippen LogP contribution is -2.35. The highest BCUT2D eigenvalue weighted by Gasteiger charge is 2.18. The van der Waals surface area contributed by atoms with Gasteiger partial charge >= 0.3 is 0 Å². The molecule has 0 bridgehead atoms. The van der Waals surface area contributed by atoms with Crippen LogP contribution in [0.4, 0.5) is 0 Å². The van der Waals surface area contributed by atoms with Crippen molar-refractivity contribution in [2.24, 2.45) is 0 Å². The molecule has 0 saturated carbocycles. The molecular weight excluding hydrogens is 280 g/mol. The van der Waals surface area contributed by atoms with Crippen LogP contribution in [0.3, 0.4) is 0 Å². The molecule has 0 radical (unpaired) electrons. The van der Waals surface area contributed by atoms with E-state index in [1.165, 1.54) is 18.3 Å². The van der Waals surface area contributed by atoms with Crippen LogP contribution < -0.4 is 4.72 Å². The molecule has 7 nitrogen and oxygen atoms in total. The summed E-state index contributed by atoms with van der Waals surface area (Å²) in [5, 5.41) is 8.84. The van der Waals surface area contributed by atoms with Crippen LogP contribution in [-0.4, -0.2) is 34.1 Å². The van der Waals surface area contributed by atoms with Crippen molar-refractivity contribution >= 4 is 10.0 Å². The molecule has 2 rings (SSSR count). The predicted molar refractivity (Wildman–Crippen MR) is 72.2 cm³/mol. The molecule has 108 valence electrons. The summed E-state index contributed by atoms with van der Waals surface area (Å²) in [6.07, 6.45) is 6.36. The molecule has 2 aromatic heterocycles. The number of pyridine rings is 1. The van der Waals surface area contributed by atoms with Crippen LogP contribution in [0.2, 0.25) is 0 Å². The van der Waals surface area contributed by atoms with E-state index in [4.69, 9.17) is 5.11 Å². The second-order valence-electron chi connectivity index (χ2n) is 4.44. The Morgan fingerprint density at radius 3 is 2.80 bits per heavy atom. The van der Waals surface area contributed by atoms with Crippen molar-refractivity contribution in [3.63, 3.8) is 0 Å². The van der Waals surface area contributed by atoms with E-state index in [2.05, 4.69) is 14.7 Å². The molecule has 2 heterocycles. The van der Waals surface area contributed by atoms with Gasteiger partial charge in [-0.1, -0.05) is 6.07 Å². The maximum Gasteiger partial charge on any atom is 0.258 e. The Hall–Kier alpha value is -1.77. The van der Waals surface area contributed by atoms with Gasteiger partial charge in [-0.25, -0.2) is 23.1 Å². The number of aromatic nitrogens is 3. The molecule has 1 atom stereocenters. The van der Waals surface area contributed by atoms with Gasteiger partial charge in [0.25, 0.3) is 10.0 Å². The Kier molecular flexibility index (Phi) is 4.48. The summed E-state index contributed by atoms with van der Waals surface area (Å²) in [6.45, 7) is 2.07. The zero-order valence-electron chi connectivity index (χ0n) is 11.0. The zero-order chi connectivity index (χ0) is 14.6. The van der Waals surface area contributed by atoms with Crippen molar-refractivity contribution < 1.29 is 13.5 Å². The van der Waals surface area contributed by atoms with Gasteiger partial charge in [0.1, 0.15) is 0 Å². The molecule has 1 unspecified atom stereocenters. The molecule has 0 aromatic carbocycles. The molecule has 0 amide bonds. The SMILES string of the molecule is CC(Cn1ccnc1)NS(=O)(=O)c1ccc(CO)cn1. The topological polar surface area (TPSA) is 97.1 Å². The van der Waals surface area contributed by atoms with E-state index in [0.29, 0.717) is 12.1 Å². The van der Waals surface area contributed by atoms with Crippen LogP contribution >= 0.6 is 0 Å². The van der Waals surface area contributed by atoms with Crippen molar-refractivity contribution in [2.75, 3.05) is 0 Å². The molecule has 2 N–H and O–H groups in total. The quantitative estimate of drug-likeness (QED) is 0.790. The minimum atomic E-state index is -3.66. The van der Waals surface area contributed by atoms with E-state index in [1.54, 1.807) is 30.2 Å². The second-order valence-corrected chi connectivity index (χ2v) is 6.11. The monoisotopic (exact) mass is 296 g/mol. The minimum Gasteiger partial charge on any atom is -0.392 e. The summed E-state index contributed by atoms with van der Waals surface area (Å²) in [6, 6.07) is 2.61. The van der Waals surface area contributed by atoms with Crippen LogP contribution in [0, 0.1) is 0 Å². The van der Waals surface area contributed by atoms with Gasteiger partial charge in [-0.2, -0.15) is 0 Å². The Bertz CT molecular complexity index is 638. The summed E-state index contributed by atoms with van der Waals surface area (Å²) < 4.78 is 28.6. The number of sulfonamides is 1. The van der Waals surface area contributed by atoms with Gasteiger partial charge < -0.3 is 9.67 Å². The van der Waals surface area contributed by atoms with E-state index in [9.17, 15) is 8.42 Å². The number of hydrogen-bond donors (Lipinski definition) is 2. The lowest BCUT2D eigenvalue weighted by Gasteiger charge is -2.14. The van der Waals surface area contributed by atoms with Gasteiger partial charge in [0, 0.05) is 31.2 Å². The molecule has 0 aliphatic heterocycles. The number of rotatable bonds is 6. The fourth-order valence-electron chi connectivity index (χ4n) is 1.74. The van der Waals surface area contributed by atoms with Crippen LogP contribution in [-0.2, 0) is 23.2 Å². The van der Waals surface area contributed by atoms with Gasteiger partial charge in [-0.3, -0.25) is 0 Å². The molecule has 20 heavy (non-hydrogen) atoms. The Morgan fingerprint density at radius 1 is 1.45 bits per heavy atom. The van der Waals surface area contributed by atoms with Crippen LogP contribution in [0.15, 0.2) is 42.1 Å². The molecule has 2 aromatic rings. The van der Waals surface area contributed by atoms with Crippen LogP contribution in [0.5, 0.6) is 0 Å². The smallest absolute Gasteiger partial charge is 0.258 e. The van der Waals surface area contributed by atoms with Gasteiger partial charge in [0.05, 0.1) is 12.9 Å². The average Bonchev–Trinajstić information content (AvgIpc) is 2.91. The largest absolute Gasteiger partial charge is 0.392 e. The number of imidazole rings is 1. The maximum absolute atomic E-state index is 12.1. The molecular formula is C12H16N4O3S. The molecule has 0 spiro atoms. The van der Waals surface area contributed by atoms with Crippen LogP contribution in [0.1, 0.15) is 12.5 Å². The van der Waals surface area contributed by atoms with E-state index < -0.39 is 10.0 Å². The zero-order valence-corrected chi connectivity index (χ0v) is 11.8. The third-order valence-electron chi connectivity index (χ3n) is 2.66. The fraction of sp³-hybridized carbons (Fsp3) is 0.333. The van der Waals surface area contributed by atoms with Crippen LogP contribution in [0.25, 0.3) is 0 Å². The van der Waals surface area contributed by atoms with E-state index in [0.717, 1.165) is 0 Å². The molecule has 0 aliphatic carbocycles. The second kappa shape index (κ2) is 6.12. The Morgan fingerprint density at radius 2 is 2.25 bits per heavy atom. The fourth-order valence-corrected chi connectivity index (χ4v) is 2.90. The van der Waals surface area contributed by atoms with Crippen molar-refractivity contribution in [1.29, 1.82) is 0 Å². The first-order valence-corrected chi connectivity index (χ1v) is 7.53. The minimum absolute atomic E-state index is 0.0628. The van der Waals surface area contributed by atoms with Crippen molar-refractivity contribution in [3.8, 4) is 0 Å². The highest BCUT2D eigenvalue weighted by atomic mass is 32.2. The first-order valence-electron chi connectivity index (χ1n) is 6.05. The highest BCUT2D eigenvalue weighted by molar-refractivity contribution is 7.89. The Balaban J connectivity index is 2.05. The van der Waals surface area contributed by atoms with Gasteiger partial charge in [-0.05, 0) is 18.6 Å². The lowest BCUT2D eigenvalue weighted by molar-refractivity contribution is 0.281. The Labute approximate surface area is 117 Å². The van der Waals surface area contributed by atoms with Crippen molar-refractivity contribution in [3.05, 3.63) is 42.6 Å². The van der Waals surface area contributed by atoms with Gasteiger partial charge in [0.15, 0.2) is 5.03 Å². The van der Waals surface area contributed by atoms with Gasteiger partial charge in [0.2, 0.25) is 0 Å². The molecule has 0 aliphatic rings.